The van der Waals surface area contributed by atoms with E-state index in [4.69, 9.17) is 11.6 Å². The first-order chi connectivity index (χ1) is 6.26. The van der Waals surface area contributed by atoms with Crippen LogP contribution >= 0.6 is 27.5 Å². The Kier molecular flexibility index (Phi) is 2.47. The lowest BCUT2D eigenvalue weighted by atomic mass is 10.3. The molecule has 0 spiro atoms. The lowest BCUT2D eigenvalue weighted by Gasteiger charge is -2.15. The lowest BCUT2D eigenvalue weighted by molar-refractivity contribution is 0.828. The highest BCUT2D eigenvalue weighted by Gasteiger charge is 2.42. The summed E-state index contributed by atoms with van der Waals surface area (Å²) in [6.07, 6.45) is 4.05. The summed E-state index contributed by atoms with van der Waals surface area (Å²) in [4.78, 5) is 4.23. The van der Waals surface area contributed by atoms with Gasteiger partial charge in [0.1, 0.15) is 5.82 Å². The molecular weight excluding hydrogens is 251 g/mol. The molecule has 1 aliphatic rings. The van der Waals surface area contributed by atoms with Gasteiger partial charge in [0.25, 0.3) is 0 Å². The Morgan fingerprint density at radius 2 is 2.38 bits per heavy atom. The molecule has 1 aromatic rings. The van der Waals surface area contributed by atoms with E-state index in [0.717, 1.165) is 23.1 Å². The Labute approximate surface area is 90.8 Å². The molecule has 1 aromatic heterocycles. The van der Waals surface area contributed by atoms with Crippen LogP contribution in [0.25, 0.3) is 0 Å². The second kappa shape index (κ2) is 3.46. The van der Waals surface area contributed by atoms with Gasteiger partial charge in [0.2, 0.25) is 0 Å². The molecular formula is C9H10BrClN2. The summed E-state index contributed by atoms with van der Waals surface area (Å²) < 4.78 is 0.992. The summed E-state index contributed by atoms with van der Waals surface area (Å²) in [5, 5.41) is 3.36. The first-order valence-electron chi connectivity index (χ1n) is 4.20. The van der Waals surface area contributed by atoms with Crippen molar-refractivity contribution in [2.24, 2.45) is 0 Å². The van der Waals surface area contributed by atoms with Gasteiger partial charge in [-0.1, -0.05) is 0 Å². The topological polar surface area (TPSA) is 24.9 Å². The molecule has 0 aliphatic heterocycles. The Bertz CT molecular complexity index is 312. The third-order valence-electron chi connectivity index (χ3n) is 2.25. The van der Waals surface area contributed by atoms with Crippen molar-refractivity contribution in [3.8, 4) is 0 Å². The van der Waals surface area contributed by atoms with Crippen LogP contribution in [0, 0.1) is 0 Å². The van der Waals surface area contributed by atoms with Crippen LogP contribution in [-0.4, -0.2) is 16.4 Å². The van der Waals surface area contributed by atoms with Crippen LogP contribution < -0.4 is 5.32 Å². The van der Waals surface area contributed by atoms with Crippen LogP contribution in [0.1, 0.15) is 12.8 Å². The maximum absolute atomic E-state index is 5.85. The Hall–Kier alpha value is -0.280. The second-order valence-corrected chi connectivity index (χ2v) is 4.49. The van der Waals surface area contributed by atoms with Crippen LogP contribution in [-0.2, 0) is 0 Å². The Morgan fingerprint density at radius 1 is 1.62 bits per heavy atom. The highest BCUT2D eigenvalue weighted by atomic mass is 79.9. The normalized spacial score (nSPS) is 18.3. The predicted octanol–water partition coefficient (Wildman–Crippen LogP) is 3.03. The molecule has 1 N–H and O–H groups in total. The Balaban J connectivity index is 2.14. The number of nitrogens with one attached hydrogen (secondary N) is 1. The first-order valence-corrected chi connectivity index (χ1v) is 5.53. The van der Waals surface area contributed by atoms with Crippen molar-refractivity contribution in [1.29, 1.82) is 0 Å². The van der Waals surface area contributed by atoms with Crippen LogP contribution in [0.2, 0.25) is 0 Å². The standard InChI is InChI=1S/C9H10BrClN2/c10-7-2-1-5-12-8(7)13-9(6-11)3-4-9/h1-2,5H,3-4,6H2,(H,12,13). The fraction of sp³-hybridized carbons (Fsp3) is 0.444. The number of hydrogen-bond donors (Lipinski definition) is 1. The van der Waals surface area contributed by atoms with E-state index >= 15 is 0 Å². The number of halogens is 2. The Morgan fingerprint density at radius 3 is 2.92 bits per heavy atom. The molecule has 0 amide bonds. The van der Waals surface area contributed by atoms with Gasteiger partial charge in [0.15, 0.2) is 0 Å². The molecule has 0 atom stereocenters. The second-order valence-electron chi connectivity index (χ2n) is 3.37. The molecule has 1 heterocycles. The maximum Gasteiger partial charge on any atom is 0.140 e. The van der Waals surface area contributed by atoms with Crippen LogP contribution in [0.15, 0.2) is 22.8 Å². The maximum atomic E-state index is 5.85. The van der Waals surface area contributed by atoms with E-state index in [2.05, 4.69) is 26.2 Å². The quantitative estimate of drug-likeness (QED) is 0.846. The average Bonchev–Trinajstić information content (AvgIpc) is 2.90. The van der Waals surface area contributed by atoms with Crippen molar-refractivity contribution in [3.63, 3.8) is 0 Å². The number of pyridine rings is 1. The van der Waals surface area contributed by atoms with Crippen LogP contribution in [0.4, 0.5) is 5.82 Å². The van der Waals surface area contributed by atoms with Crippen LogP contribution in [0.3, 0.4) is 0 Å². The SMILES string of the molecule is ClCC1(Nc2ncccc2Br)CC1. The number of rotatable bonds is 3. The van der Waals surface area contributed by atoms with Gasteiger partial charge in [-0.05, 0) is 40.9 Å². The van der Waals surface area contributed by atoms with E-state index < -0.39 is 0 Å². The number of aromatic nitrogens is 1. The first kappa shape index (κ1) is 9.28. The molecule has 0 saturated heterocycles. The number of nitrogens with zero attached hydrogens (tertiary/aromatic N) is 1. The van der Waals surface area contributed by atoms with E-state index in [1.807, 2.05) is 12.1 Å². The smallest absolute Gasteiger partial charge is 0.140 e. The monoisotopic (exact) mass is 260 g/mol. The van der Waals surface area contributed by atoms with Gasteiger partial charge in [0, 0.05) is 12.1 Å². The van der Waals surface area contributed by atoms with Crippen LogP contribution in [0.5, 0.6) is 0 Å². The van der Waals surface area contributed by atoms with Crippen molar-refractivity contribution < 1.29 is 0 Å². The molecule has 70 valence electrons. The third-order valence-corrected chi connectivity index (χ3v) is 3.40. The largest absolute Gasteiger partial charge is 0.362 e. The van der Waals surface area contributed by atoms with Gasteiger partial charge in [0.05, 0.1) is 10.0 Å². The number of anilines is 1. The highest BCUT2D eigenvalue weighted by Crippen LogP contribution is 2.40. The zero-order chi connectivity index (χ0) is 9.31. The molecule has 0 radical (unpaired) electrons. The van der Waals surface area contributed by atoms with Crippen molar-refractivity contribution >= 4 is 33.3 Å². The van der Waals surface area contributed by atoms with Gasteiger partial charge in [-0.2, -0.15) is 0 Å². The van der Waals surface area contributed by atoms with Crippen molar-refractivity contribution in [2.45, 2.75) is 18.4 Å². The summed E-state index contributed by atoms with van der Waals surface area (Å²) in [6, 6.07) is 3.87. The minimum absolute atomic E-state index is 0.110. The molecule has 13 heavy (non-hydrogen) atoms. The average molecular weight is 262 g/mol. The fourth-order valence-corrected chi connectivity index (χ4v) is 1.86. The fourth-order valence-electron chi connectivity index (χ4n) is 1.17. The number of hydrogen-bond acceptors (Lipinski definition) is 2. The van der Waals surface area contributed by atoms with E-state index in [0.29, 0.717) is 5.88 Å². The van der Waals surface area contributed by atoms with Gasteiger partial charge >= 0.3 is 0 Å². The zero-order valence-corrected chi connectivity index (χ0v) is 9.40. The molecule has 1 saturated carbocycles. The molecule has 0 unspecified atom stereocenters. The van der Waals surface area contributed by atoms with Gasteiger partial charge < -0.3 is 5.32 Å². The summed E-state index contributed by atoms with van der Waals surface area (Å²) >= 11 is 9.29. The van der Waals surface area contributed by atoms with Gasteiger partial charge in [-0.25, -0.2) is 4.98 Å². The molecule has 1 fully saturated rings. The summed E-state index contributed by atoms with van der Waals surface area (Å²) in [5.74, 6) is 1.54. The minimum atomic E-state index is 0.110. The van der Waals surface area contributed by atoms with E-state index in [9.17, 15) is 0 Å². The van der Waals surface area contributed by atoms with Crippen molar-refractivity contribution in [1.82, 2.24) is 4.98 Å². The predicted molar refractivity (Wildman–Crippen MR) is 58.2 cm³/mol. The summed E-state index contributed by atoms with van der Waals surface area (Å²) in [5.41, 5.74) is 0.110. The van der Waals surface area contributed by atoms with Gasteiger partial charge in [-0.15, -0.1) is 11.6 Å². The molecule has 2 nitrogen and oxygen atoms in total. The van der Waals surface area contributed by atoms with Crippen molar-refractivity contribution in [2.75, 3.05) is 11.2 Å². The minimum Gasteiger partial charge on any atom is -0.362 e. The summed E-state index contributed by atoms with van der Waals surface area (Å²) in [6.45, 7) is 0. The van der Waals surface area contributed by atoms with Gasteiger partial charge in [-0.3, -0.25) is 0 Å². The van der Waals surface area contributed by atoms with Crippen molar-refractivity contribution in [3.05, 3.63) is 22.8 Å². The third kappa shape index (κ3) is 1.97. The molecule has 1 aliphatic carbocycles. The zero-order valence-electron chi connectivity index (χ0n) is 7.06. The molecule has 2 rings (SSSR count). The molecule has 4 heteroatoms. The summed E-state index contributed by atoms with van der Waals surface area (Å²) in [7, 11) is 0. The van der Waals surface area contributed by atoms with E-state index in [1.54, 1.807) is 6.20 Å². The number of alkyl halides is 1. The molecule has 0 aromatic carbocycles. The molecule has 0 bridgehead atoms. The highest BCUT2D eigenvalue weighted by molar-refractivity contribution is 9.10. The lowest BCUT2D eigenvalue weighted by Crippen LogP contribution is -2.23. The van der Waals surface area contributed by atoms with E-state index in [-0.39, 0.29) is 5.54 Å². The van der Waals surface area contributed by atoms with E-state index in [1.165, 1.54) is 0 Å².